The molecule has 8 nitrogen and oxygen atoms in total. The number of carbonyl (C=O) groups is 1. The summed E-state index contributed by atoms with van der Waals surface area (Å²) in [5, 5.41) is 6.05. The molecular formula is C21H16F3N5O3. The molecule has 164 valence electrons. The molecular weight excluding hydrogens is 427 g/mol. The molecule has 3 heterocycles. The van der Waals surface area contributed by atoms with Gasteiger partial charge in [0.25, 0.3) is 5.91 Å². The highest BCUT2D eigenvalue weighted by molar-refractivity contribution is 6.04. The Labute approximate surface area is 179 Å². The molecule has 0 aliphatic heterocycles. The lowest BCUT2D eigenvalue weighted by Crippen LogP contribution is -2.17. The van der Waals surface area contributed by atoms with Crippen molar-refractivity contribution in [1.29, 1.82) is 0 Å². The molecule has 1 N–H and O–H groups in total. The first-order valence-corrected chi connectivity index (χ1v) is 9.66. The second kappa shape index (κ2) is 7.36. The third kappa shape index (κ3) is 3.26. The van der Waals surface area contributed by atoms with Gasteiger partial charge in [0.2, 0.25) is 11.7 Å². The van der Waals surface area contributed by atoms with Crippen LogP contribution in [0.3, 0.4) is 0 Å². The van der Waals surface area contributed by atoms with Crippen LogP contribution in [-0.4, -0.2) is 38.7 Å². The van der Waals surface area contributed by atoms with Crippen molar-refractivity contribution in [1.82, 2.24) is 19.5 Å². The number of anilines is 1. The summed E-state index contributed by atoms with van der Waals surface area (Å²) in [5.41, 5.74) is -0.231. The normalized spacial score (nSPS) is 17.5. The van der Waals surface area contributed by atoms with Crippen molar-refractivity contribution in [3.05, 3.63) is 59.4 Å². The molecule has 1 amide bonds. The second-order valence-corrected chi connectivity index (χ2v) is 7.43. The fourth-order valence-corrected chi connectivity index (χ4v) is 3.38. The van der Waals surface area contributed by atoms with E-state index < -0.39 is 29.6 Å². The molecule has 1 aromatic carbocycles. The van der Waals surface area contributed by atoms with Crippen molar-refractivity contribution in [2.75, 3.05) is 12.4 Å². The molecule has 0 saturated heterocycles. The van der Waals surface area contributed by atoms with Crippen LogP contribution in [0.4, 0.5) is 18.9 Å². The maximum atomic E-state index is 15.3. The van der Waals surface area contributed by atoms with Gasteiger partial charge < -0.3 is 14.6 Å². The van der Waals surface area contributed by atoms with Crippen LogP contribution in [-0.2, 0) is 0 Å². The summed E-state index contributed by atoms with van der Waals surface area (Å²) < 4.78 is 54.7. The van der Waals surface area contributed by atoms with Crippen LogP contribution in [0.15, 0.2) is 35.1 Å². The molecule has 0 unspecified atom stereocenters. The highest BCUT2D eigenvalue weighted by Gasteiger charge is 2.43. The largest absolute Gasteiger partial charge is 0.497 e. The summed E-state index contributed by atoms with van der Waals surface area (Å²) in [6.45, 7) is 1.33. The number of ether oxygens (including phenoxy) is 1. The maximum absolute atomic E-state index is 15.3. The van der Waals surface area contributed by atoms with Gasteiger partial charge in [0.05, 0.1) is 30.5 Å². The fourth-order valence-electron chi connectivity index (χ4n) is 3.38. The lowest BCUT2D eigenvalue weighted by molar-refractivity contribution is 0.102. The summed E-state index contributed by atoms with van der Waals surface area (Å²) >= 11 is 0. The number of benzene rings is 1. The summed E-state index contributed by atoms with van der Waals surface area (Å²) in [5.74, 6) is -2.59. The van der Waals surface area contributed by atoms with Gasteiger partial charge in [-0.05, 0) is 25.5 Å². The second-order valence-electron chi connectivity index (χ2n) is 7.43. The minimum atomic E-state index is -1.08. The highest BCUT2D eigenvalue weighted by Crippen LogP contribution is 2.43. The van der Waals surface area contributed by atoms with Gasteiger partial charge in [-0.15, -0.1) is 0 Å². The van der Waals surface area contributed by atoms with Gasteiger partial charge >= 0.3 is 0 Å². The van der Waals surface area contributed by atoms with E-state index in [0.29, 0.717) is 11.4 Å². The quantitative estimate of drug-likeness (QED) is 0.500. The van der Waals surface area contributed by atoms with Crippen molar-refractivity contribution in [2.24, 2.45) is 0 Å². The number of imidazole rings is 1. The van der Waals surface area contributed by atoms with Gasteiger partial charge in [-0.1, -0.05) is 5.16 Å². The lowest BCUT2D eigenvalue weighted by Gasteiger charge is -2.12. The van der Waals surface area contributed by atoms with E-state index in [9.17, 15) is 13.6 Å². The van der Waals surface area contributed by atoms with Crippen LogP contribution in [0.2, 0.25) is 0 Å². The first-order valence-electron chi connectivity index (χ1n) is 9.66. The molecule has 0 bridgehead atoms. The smallest absolute Gasteiger partial charge is 0.274 e. The molecule has 1 fully saturated rings. The molecule has 3 aromatic heterocycles. The van der Waals surface area contributed by atoms with Crippen LogP contribution in [0.1, 0.15) is 34.3 Å². The number of rotatable bonds is 5. The number of pyridine rings is 1. The SMILES string of the molecule is COc1ccn2c(C(=O)Nc3c(C)c(F)cc(-c4noc([C@@H]5C[C@H]5F)n4)c3F)cnc2c1. The third-order valence-electron chi connectivity index (χ3n) is 5.36. The molecule has 32 heavy (non-hydrogen) atoms. The molecule has 1 aliphatic rings. The standard InChI is InChI=1S/C21H16F3N5O3/c1-9-13(22)7-12(19-27-21(32-28-19)11-6-14(11)23)17(24)18(9)26-20(30)15-8-25-16-5-10(31-2)3-4-29(15)16/h3-5,7-8,11,14H,6H2,1-2H3,(H,26,30)/t11-,14-/m1/s1. The van der Waals surface area contributed by atoms with Gasteiger partial charge in [-0.3, -0.25) is 9.20 Å². The Kier molecular flexibility index (Phi) is 4.61. The first-order chi connectivity index (χ1) is 15.4. The predicted molar refractivity (Wildman–Crippen MR) is 106 cm³/mol. The van der Waals surface area contributed by atoms with Gasteiger partial charge in [-0.25, -0.2) is 18.2 Å². The van der Waals surface area contributed by atoms with Gasteiger partial charge in [0.1, 0.15) is 29.1 Å². The number of halogens is 3. The Bertz CT molecular complexity index is 1370. The number of alkyl halides is 1. The van der Waals surface area contributed by atoms with Crippen molar-refractivity contribution < 1.29 is 27.2 Å². The van der Waals surface area contributed by atoms with Gasteiger partial charge in [0.15, 0.2) is 5.82 Å². The fraction of sp³-hybridized carbons (Fsp3) is 0.238. The average molecular weight is 443 g/mol. The molecule has 0 spiro atoms. The van der Waals surface area contributed by atoms with E-state index >= 15 is 4.39 Å². The number of hydrogen-bond donors (Lipinski definition) is 1. The Balaban J connectivity index is 1.50. The molecule has 11 heteroatoms. The number of aromatic nitrogens is 4. The zero-order chi connectivity index (χ0) is 22.6. The summed E-state index contributed by atoms with van der Waals surface area (Å²) in [6, 6.07) is 4.17. The number of hydrogen-bond acceptors (Lipinski definition) is 6. The van der Waals surface area contributed by atoms with Crippen LogP contribution < -0.4 is 10.1 Å². The zero-order valence-corrected chi connectivity index (χ0v) is 16.9. The monoisotopic (exact) mass is 443 g/mol. The topological polar surface area (TPSA) is 94.6 Å². The van der Waals surface area contributed by atoms with Crippen molar-refractivity contribution in [2.45, 2.75) is 25.4 Å². The number of methoxy groups -OCH3 is 1. The Hall–Kier alpha value is -3.89. The van der Waals surface area contributed by atoms with Crippen LogP contribution in [0.5, 0.6) is 5.75 Å². The van der Waals surface area contributed by atoms with E-state index in [1.54, 1.807) is 18.3 Å². The minimum Gasteiger partial charge on any atom is -0.497 e. The van der Waals surface area contributed by atoms with E-state index in [4.69, 9.17) is 9.26 Å². The van der Waals surface area contributed by atoms with Crippen LogP contribution in [0.25, 0.3) is 17.0 Å². The number of nitrogens with one attached hydrogen (secondary N) is 1. The minimum absolute atomic E-state index is 0.0274. The Morgan fingerprint density at radius 3 is 2.84 bits per heavy atom. The summed E-state index contributed by atoms with van der Waals surface area (Å²) in [4.78, 5) is 21.0. The molecule has 0 radical (unpaired) electrons. The van der Waals surface area contributed by atoms with E-state index in [-0.39, 0.29) is 40.6 Å². The Morgan fingerprint density at radius 2 is 2.12 bits per heavy atom. The highest BCUT2D eigenvalue weighted by atomic mass is 19.1. The number of nitrogens with zero attached hydrogens (tertiary/aromatic N) is 4. The molecule has 5 rings (SSSR count). The van der Waals surface area contributed by atoms with Crippen molar-refractivity contribution in [3.63, 3.8) is 0 Å². The van der Waals surface area contributed by atoms with Crippen LogP contribution in [0, 0.1) is 18.6 Å². The Morgan fingerprint density at radius 1 is 1.34 bits per heavy atom. The van der Waals surface area contributed by atoms with Crippen LogP contribution >= 0.6 is 0 Å². The van der Waals surface area contributed by atoms with Crippen molar-refractivity contribution in [3.8, 4) is 17.1 Å². The van der Waals surface area contributed by atoms with Crippen molar-refractivity contribution >= 4 is 17.2 Å². The van der Waals surface area contributed by atoms with E-state index in [1.165, 1.54) is 24.6 Å². The lowest BCUT2D eigenvalue weighted by atomic mass is 10.1. The zero-order valence-electron chi connectivity index (χ0n) is 16.9. The number of carbonyl (C=O) groups excluding carboxylic acids is 1. The van der Waals surface area contributed by atoms with E-state index in [1.807, 2.05) is 0 Å². The number of amides is 1. The molecule has 1 aliphatic carbocycles. The molecule has 1 saturated carbocycles. The van der Waals surface area contributed by atoms with Gasteiger partial charge in [-0.2, -0.15) is 4.98 Å². The number of fused-ring (bicyclic) bond motifs is 1. The summed E-state index contributed by atoms with van der Waals surface area (Å²) in [6.07, 6.45) is 2.06. The summed E-state index contributed by atoms with van der Waals surface area (Å²) in [7, 11) is 1.50. The van der Waals surface area contributed by atoms with Gasteiger partial charge in [0, 0.05) is 17.8 Å². The molecule has 4 aromatic rings. The molecule has 2 atom stereocenters. The third-order valence-corrected chi connectivity index (χ3v) is 5.36. The maximum Gasteiger partial charge on any atom is 0.274 e. The van der Waals surface area contributed by atoms with E-state index in [2.05, 4.69) is 20.4 Å². The first kappa shape index (κ1) is 20.0. The predicted octanol–water partition coefficient (Wildman–Crippen LogP) is 4.06. The van der Waals surface area contributed by atoms with E-state index in [0.717, 1.165) is 6.07 Å². The average Bonchev–Trinajstić information content (AvgIpc) is 3.18.